The van der Waals surface area contributed by atoms with Crippen molar-refractivity contribution in [3.63, 3.8) is 0 Å². The summed E-state index contributed by atoms with van der Waals surface area (Å²) < 4.78 is 20.2. The number of benzene rings is 2. The smallest absolute Gasteiger partial charge is 0.166 e. The summed E-state index contributed by atoms with van der Waals surface area (Å²) in [5.41, 5.74) is -0.0175. The second-order valence-electron chi connectivity index (χ2n) is 3.73. The summed E-state index contributed by atoms with van der Waals surface area (Å²) in [6.45, 7) is 1.32. The molecular formula is C14H10FIO2. The largest absolute Gasteiger partial charge is 0.457 e. The van der Waals surface area contributed by atoms with Gasteiger partial charge < -0.3 is 4.74 Å². The van der Waals surface area contributed by atoms with Gasteiger partial charge in [0.2, 0.25) is 0 Å². The number of hydrogen-bond acceptors (Lipinski definition) is 2. The van der Waals surface area contributed by atoms with Crippen molar-refractivity contribution in [3.8, 4) is 11.5 Å². The summed E-state index contributed by atoms with van der Waals surface area (Å²) in [7, 11) is 0. The molecule has 92 valence electrons. The van der Waals surface area contributed by atoms with Crippen molar-refractivity contribution in [1.82, 2.24) is 0 Å². The van der Waals surface area contributed by atoms with Crippen LogP contribution in [0.1, 0.15) is 17.3 Å². The zero-order valence-electron chi connectivity index (χ0n) is 9.61. The molecule has 0 spiro atoms. The van der Waals surface area contributed by atoms with Crippen molar-refractivity contribution < 1.29 is 13.9 Å². The molecule has 2 aromatic carbocycles. The third kappa shape index (κ3) is 2.87. The van der Waals surface area contributed by atoms with Crippen molar-refractivity contribution in [2.24, 2.45) is 0 Å². The van der Waals surface area contributed by atoms with Gasteiger partial charge in [-0.05, 0) is 65.9 Å². The molecule has 0 amide bonds. The summed E-state index contributed by atoms with van der Waals surface area (Å²) in [5, 5.41) is 0. The predicted octanol–water partition coefficient (Wildman–Crippen LogP) is 4.43. The number of rotatable bonds is 3. The zero-order chi connectivity index (χ0) is 13.1. The second-order valence-corrected chi connectivity index (χ2v) is 4.97. The van der Waals surface area contributed by atoms with Gasteiger partial charge in [-0.3, -0.25) is 4.79 Å². The molecule has 0 heterocycles. The molecule has 0 radical (unpaired) electrons. The lowest BCUT2D eigenvalue weighted by Crippen LogP contribution is -2.00. The Morgan fingerprint density at radius 1 is 1.17 bits per heavy atom. The number of hydrogen-bond donors (Lipinski definition) is 0. The van der Waals surface area contributed by atoms with E-state index in [-0.39, 0.29) is 17.1 Å². The summed E-state index contributed by atoms with van der Waals surface area (Å²) >= 11 is 2.18. The predicted molar refractivity (Wildman–Crippen MR) is 75.6 cm³/mol. The van der Waals surface area contributed by atoms with Gasteiger partial charge in [-0.15, -0.1) is 0 Å². The molecule has 0 fully saturated rings. The number of carbonyl (C=O) groups excluding carboxylic acids is 1. The van der Waals surface area contributed by atoms with E-state index < -0.39 is 5.82 Å². The van der Waals surface area contributed by atoms with E-state index in [2.05, 4.69) is 22.6 Å². The van der Waals surface area contributed by atoms with Crippen LogP contribution >= 0.6 is 22.6 Å². The maximum atomic E-state index is 13.6. The van der Waals surface area contributed by atoms with Crippen LogP contribution in [0.25, 0.3) is 0 Å². The normalized spacial score (nSPS) is 10.2. The van der Waals surface area contributed by atoms with Gasteiger partial charge in [0.15, 0.2) is 5.78 Å². The minimum atomic E-state index is -0.564. The van der Waals surface area contributed by atoms with Crippen LogP contribution in [0.2, 0.25) is 0 Å². The first kappa shape index (κ1) is 13.0. The molecule has 0 saturated carbocycles. The first-order valence-electron chi connectivity index (χ1n) is 5.31. The fourth-order valence-corrected chi connectivity index (χ4v) is 1.92. The fraction of sp³-hybridized carbons (Fsp3) is 0.0714. The van der Waals surface area contributed by atoms with Crippen LogP contribution in [0.15, 0.2) is 42.5 Å². The first-order chi connectivity index (χ1) is 8.58. The Balaban J connectivity index is 2.37. The van der Waals surface area contributed by atoms with E-state index in [0.29, 0.717) is 5.75 Å². The average Bonchev–Trinajstić information content (AvgIpc) is 2.32. The molecule has 0 aliphatic carbocycles. The van der Waals surface area contributed by atoms with Crippen LogP contribution in [0.3, 0.4) is 0 Å². The van der Waals surface area contributed by atoms with Gasteiger partial charge in [0.25, 0.3) is 0 Å². The number of ketones is 1. The highest BCUT2D eigenvalue weighted by Gasteiger charge is 2.14. The maximum Gasteiger partial charge on any atom is 0.166 e. The standard InChI is InChI=1S/C14H10FIO2/c1-9(17)14-12(15)3-2-4-13(14)18-11-7-5-10(16)6-8-11/h2-8H,1H3. The zero-order valence-corrected chi connectivity index (χ0v) is 11.8. The Labute approximate surface area is 118 Å². The summed E-state index contributed by atoms with van der Waals surface area (Å²) in [6, 6.07) is 11.7. The summed E-state index contributed by atoms with van der Waals surface area (Å²) in [6.07, 6.45) is 0. The number of Topliss-reactive ketones (excluding diaryl/α,β-unsaturated/α-hetero) is 1. The van der Waals surface area contributed by atoms with Gasteiger partial charge in [-0.25, -0.2) is 4.39 Å². The Kier molecular flexibility index (Phi) is 3.96. The second kappa shape index (κ2) is 5.48. The van der Waals surface area contributed by atoms with Crippen molar-refractivity contribution in [1.29, 1.82) is 0 Å². The first-order valence-corrected chi connectivity index (χ1v) is 6.38. The molecule has 0 unspecified atom stereocenters. The van der Waals surface area contributed by atoms with Crippen LogP contribution in [-0.2, 0) is 0 Å². The highest BCUT2D eigenvalue weighted by molar-refractivity contribution is 14.1. The molecule has 0 aromatic heterocycles. The molecule has 2 aromatic rings. The minimum Gasteiger partial charge on any atom is -0.457 e. The lowest BCUT2D eigenvalue weighted by Gasteiger charge is -2.09. The lowest BCUT2D eigenvalue weighted by molar-refractivity contribution is 0.101. The number of halogens is 2. The monoisotopic (exact) mass is 356 g/mol. The Bertz CT molecular complexity index is 579. The maximum absolute atomic E-state index is 13.6. The van der Waals surface area contributed by atoms with Gasteiger partial charge in [0.05, 0.1) is 5.56 Å². The lowest BCUT2D eigenvalue weighted by atomic mass is 10.1. The molecule has 0 bridgehead atoms. The summed E-state index contributed by atoms with van der Waals surface area (Å²) in [5.74, 6) is -0.105. The van der Waals surface area contributed by atoms with Crippen molar-refractivity contribution >= 4 is 28.4 Å². The van der Waals surface area contributed by atoms with E-state index in [4.69, 9.17) is 4.74 Å². The minimum absolute atomic E-state index is 0.0175. The van der Waals surface area contributed by atoms with Gasteiger partial charge in [0, 0.05) is 3.57 Å². The van der Waals surface area contributed by atoms with Gasteiger partial charge in [0.1, 0.15) is 17.3 Å². The van der Waals surface area contributed by atoms with Gasteiger partial charge in [-0.2, -0.15) is 0 Å². The quantitative estimate of drug-likeness (QED) is 0.601. The van der Waals surface area contributed by atoms with Crippen LogP contribution in [-0.4, -0.2) is 5.78 Å². The van der Waals surface area contributed by atoms with Crippen molar-refractivity contribution in [2.75, 3.05) is 0 Å². The molecular weight excluding hydrogens is 346 g/mol. The van der Waals surface area contributed by atoms with E-state index in [1.165, 1.54) is 19.1 Å². The van der Waals surface area contributed by atoms with Gasteiger partial charge in [-0.1, -0.05) is 6.07 Å². The molecule has 0 aliphatic rings. The van der Waals surface area contributed by atoms with E-state index in [0.717, 1.165) is 3.57 Å². The molecule has 2 nitrogen and oxygen atoms in total. The van der Waals surface area contributed by atoms with Crippen molar-refractivity contribution in [2.45, 2.75) is 6.92 Å². The third-order valence-corrected chi connectivity index (χ3v) is 3.09. The SMILES string of the molecule is CC(=O)c1c(F)cccc1Oc1ccc(I)cc1. The Morgan fingerprint density at radius 3 is 2.44 bits per heavy atom. The molecule has 0 saturated heterocycles. The molecule has 18 heavy (non-hydrogen) atoms. The highest BCUT2D eigenvalue weighted by Crippen LogP contribution is 2.27. The molecule has 0 aliphatic heterocycles. The number of carbonyl (C=O) groups is 1. The van der Waals surface area contributed by atoms with Gasteiger partial charge >= 0.3 is 0 Å². The molecule has 2 rings (SSSR count). The van der Waals surface area contributed by atoms with Crippen LogP contribution < -0.4 is 4.74 Å². The fourth-order valence-electron chi connectivity index (χ4n) is 1.56. The van der Waals surface area contributed by atoms with Crippen LogP contribution in [0.5, 0.6) is 11.5 Å². The highest BCUT2D eigenvalue weighted by atomic mass is 127. The van der Waals surface area contributed by atoms with E-state index in [1.807, 2.05) is 12.1 Å². The summed E-state index contributed by atoms with van der Waals surface area (Å²) in [4.78, 5) is 11.4. The van der Waals surface area contributed by atoms with E-state index in [1.54, 1.807) is 18.2 Å². The Hall–Kier alpha value is -1.43. The van der Waals surface area contributed by atoms with E-state index in [9.17, 15) is 9.18 Å². The van der Waals surface area contributed by atoms with Crippen molar-refractivity contribution in [3.05, 3.63) is 57.4 Å². The Morgan fingerprint density at radius 2 is 1.83 bits per heavy atom. The van der Waals surface area contributed by atoms with E-state index >= 15 is 0 Å². The third-order valence-electron chi connectivity index (χ3n) is 2.37. The van der Waals surface area contributed by atoms with Crippen LogP contribution in [0, 0.1) is 9.39 Å². The molecule has 0 atom stereocenters. The molecule has 4 heteroatoms. The van der Waals surface area contributed by atoms with Crippen LogP contribution in [0.4, 0.5) is 4.39 Å². The topological polar surface area (TPSA) is 26.3 Å². The molecule has 0 N–H and O–H groups in total. The number of ether oxygens (including phenoxy) is 1. The average molecular weight is 356 g/mol.